The van der Waals surface area contributed by atoms with Gasteiger partial charge in [0.25, 0.3) is 0 Å². The van der Waals surface area contributed by atoms with E-state index in [1.165, 1.54) is 18.2 Å². The molecule has 0 saturated carbocycles. The predicted molar refractivity (Wildman–Crippen MR) is 102 cm³/mol. The minimum atomic E-state index is -0.338. The quantitative estimate of drug-likeness (QED) is 0.682. The first kappa shape index (κ1) is 18.3. The van der Waals surface area contributed by atoms with Gasteiger partial charge in [-0.3, -0.25) is 4.79 Å². The van der Waals surface area contributed by atoms with E-state index in [9.17, 15) is 13.6 Å². The Balaban J connectivity index is 1.37. The van der Waals surface area contributed by atoms with Crippen LogP contribution in [0.3, 0.4) is 0 Å². The lowest BCUT2D eigenvalue weighted by Crippen LogP contribution is -2.38. The fraction of sp³-hybridized carbons (Fsp3) is 0.273. The van der Waals surface area contributed by atoms with Crippen molar-refractivity contribution in [2.75, 3.05) is 13.1 Å². The lowest BCUT2D eigenvalue weighted by molar-refractivity contribution is -0.131. The summed E-state index contributed by atoms with van der Waals surface area (Å²) in [6, 6.07) is 12.7. The second-order valence-electron chi connectivity index (χ2n) is 7.12. The molecule has 0 N–H and O–H groups in total. The van der Waals surface area contributed by atoms with Gasteiger partial charge in [0, 0.05) is 19.3 Å². The summed E-state index contributed by atoms with van der Waals surface area (Å²) in [5, 5.41) is 4.35. The molecule has 0 radical (unpaired) electrons. The number of carbonyl (C=O) groups is 1. The number of rotatable bonds is 4. The zero-order chi connectivity index (χ0) is 19.5. The summed E-state index contributed by atoms with van der Waals surface area (Å²) in [4.78, 5) is 14.3. The van der Waals surface area contributed by atoms with Crippen molar-refractivity contribution < 1.29 is 13.6 Å². The van der Waals surface area contributed by atoms with E-state index in [4.69, 9.17) is 0 Å². The Morgan fingerprint density at radius 1 is 1.07 bits per heavy atom. The Kier molecular flexibility index (Phi) is 5.19. The fourth-order valence-electron chi connectivity index (χ4n) is 3.69. The second-order valence-corrected chi connectivity index (χ2v) is 7.12. The molecule has 1 aliphatic rings. The first-order valence-electron chi connectivity index (χ1n) is 9.42. The maximum absolute atomic E-state index is 13.8. The third-order valence-corrected chi connectivity index (χ3v) is 5.29. The molecule has 4 rings (SSSR count). The van der Waals surface area contributed by atoms with Gasteiger partial charge in [0.15, 0.2) is 0 Å². The zero-order valence-electron chi connectivity index (χ0n) is 15.4. The third-order valence-electron chi connectivity index (χ3n) is 5.29. The zero-order valence-corrected chi connectivity index (χ0v) is 15.4. The van der Waals surface area contributed by atoms with Gasteiger partial charge in [-0.1, -0.05) is 24.3 Å². The molecule has 1 fully saturated rings. The number of halogens is 2. The van der Waals surface area contributed by atoms with Crippen LogP contribution in [0, 0.1) is 11.6 Å². The molecule has 0 atom stereocenters. The predicted octanol–water partition coefficient (Wildman–Crippen LogP) is 4.10. The van der Waals surface area contributed by atoms with Gasteiger partial charge in [0.1, 0.15) is 11.6 Å². The number of hydrogen-bond donors (Lipinski definition) is 0. The number of amides is 1. The molecule has 1 saturated heterocycles. The van der Waals surface area contributed by atoms with E-state index in [0.29, 0.717) is 30.3 Å². The summed E-state index contributed by atoms with van der Waals surface area (Å²) in [5.74, 6) is -0.370. The topological polar surface area (TPSA) is 38.1 Å². The van der Waals surface area contributed by atoms with E-state index in [2.05, 4.69) is 5.10 Å². The van der Waals surface area contributed by atoms with Crippen LogP contribution in [-0.2, 0) is 11.2 Å². The summed E-state index contributed by atoms with van der Waals surface area (Å²) in [6.45, 7) is 1.28. The number of nitrogens with zero attached hydrogens (tertiary/aromatic N) is 3. The van der Waals surface area contributed by atoms with Gasteiger partial charge in [0.2, 0.25) is 5.91 Å². The van der Waals surface area contributed by atoms with Crippen LogP contribution in [0.4, 0.5) is 8.78 Å². The van der Waals surface area contributed by atoms with Gasteiger partial charge >= 0.3 is 0 Å². The van der Waals surface area contributed by atoms with E-state index >= 15 is 0 Å². The summed E-state index contributed by atoms with van der Waals surface area (Å²) in [7, 11) is 0. The number of carbonyl (C=O) groups excluding carboxylic acids is 1. The molecule has 0 aliphatic carbocycles. The van der Waals surface area contributed by atoms with E-state index in [1.54, 1.807) is 33.8 Å². The molecule has 3 aromatic rings. The van der Waals surface area contributed by atoms with E-state index in [1.807, 2.05) is 18.5 Å². The summed E-state index contributed by atoms with van der Waals surface area (Å²) in [5.41, 5.74) is 2.21. The highest BCUT2D eigenvalue weighted by molar-refractivity contribution is 5.79. The molecule has 2 heterocycles. The molecule has 0 bridgehead atoms. The monoisotopic (exact) mass is 381 g/mol. The average molecular weight is 381 g/mol. The van der Waals surface area contributed by atoms with Gasteiger partial charge in [-0.25, -0.2) is 13.5 Å². The van der Waals surface area contributed by atoms with Crippen LogP contribution in [0.2, 0.25) is 0 Å². The molecular formula is C22H21F2N3O. The molecule has 4 nitrogen and oxygen atoms in total. The highest BCUT2D eigenvalue weighted by Crippen LogP contribution is 2.28. The average Bonchev–Trinajstić information content (AvgIpc) is 3.20. The third kappa shape index (κ3) is 3.96. The number of piperidine rings is 1. The van der Waals surface area contributed by atoms with Crippen molar-refractivity contribution >= 4 is 5.91 Å². The van der Waals surface area contributed by atoms with Crippen molar-refractivity contribution in [1.29, 1.82) is 0 Å². The van der Waals surface area contributed by atoms with Crippen molar-refractivity contribution in [3.63, 3.8) is 0 Å². The molecule has 0 spiro atoms. The Bertz CT molecular complexity index is 977. The maximum atomic E-state index is 13.8. The van der Waals surface area contributed by atoms with Crippen molar-refractivity contribution in [3.8, 4) is 5.69 Å². The Hall–Kier alpha value is -3.02. The van der Waals surface area contributed by atoms with Crippen LogP contribution < -0.4 is 0 Å². The SMILES string of the molecule is O=C(Cc1ccccc1F)N1CCC(c2cnn(-c3cccc(F)c3)c2)CC1. The maximum Gasteiger partial charge on any atom is 0.227 e. The molecule has 28 heavy (non-hydrogen) atoms. The minimum absolute atomic E-state index is 0.0426. The van der Waals surface area contributed by atoms with Gasteiger partial charge in [-0.15, -0.1) is 0 Å². The standard InChI is InChI=1S/C22H21F2N3O/c23-19-5-3-6-20(13-19)27-15-18(14-25-27)16-8-10-26(11-9-16)22(28)12-17-4-1-2-7-21(17)24/h1-7,13-16H,8-12H2. The highest BCUT2D eigenvalue weighted by Gasteiger charge is 2.25. The van der Waals surface area contributed by atoms with Gasteiger partial charge < -0.3 is 4.90 Å². The number of benzene rings is 2. The molecule has 1 amide bonds. The molecule has 0 unspecified atom stereocenters. The fourth-order valence-corrected chi connectivity index (χ4v) is 3.69. The largest absolute Gasteiger partial charge is 0.342 e. The Morgan fingerprint density at radius 2 is 1.86 bits per heavy atom. The van der Waals surface area contributed by atoms with Gasteiger partial charge in [0.05, 0.1) is 18.3 Å². The minimum Gasteiger partial charge on any atom is -0.342 e. The van der Waals surface area contributed by atoms with Crippen LogP contribution in [0.5, 0.6) is 0 Å². The number of likely N-dealkylation sites (tertiary alicyclic amines) is 1. The first-order chi connectivity index (χ1) is 13.6. The molecule has 1 aromatic heterocycles. The van der Waals surface area contributed by atoms with Gasteiger partial charge in [-0.05, 0) is 54.2 Å². The summed E-state index contributed by atoms with van der Waals surface area (Å²) in [6.07, 6.45) is 5.49. The summed E-state index contributed by atoms with van der Waals surface area (Å²) >= 11 is 0. The van der Waals surface area contributed by atoms with Crippen LogP contribution in [0.15, 0.2) is 60.9 Å². The molecule has 144 valence electrons. The van der Waals surface area contributed by atoms with Crippen molar-refractivity contribution in [2.24, 2.45) is 0 Å². The first-order valence-corrected chi connectivity index (χ1v) is 9.42. The van der Waals surface area contributed by atoms with Crippen molar-refractivity contribution in [3.05, 3.63) is 83.7 Å². The highest BCUT2D eigenvalue weighted by atomic mass is 19.1. The molecule has 6 heteroatoms. The van der Waals surface area contributed by atoms with E-state index < -0.39 is 0 Å². The molecule has 2 aromatic carbocycles. The van der Waals surface area contributed by atoms with Gasteiger partial charge in [-0.2, -0.15) is 5.10 Å². The Morgan fingerprint density at radius 3 is 2.61 bits per heavy atom. The van der Waals surface area contributed by atoms with E-state index in [-0.39, 0.29) is 24.0 Å². The lowest BCUT2D eigenvalue weighted by atomic mass is 9.91. The van der Waals surface area contributed by atoms with Crippen LogP contribution in [0.25, 0.3) is 5.69 Å². The summed E-state index contributed by atoms with van der Waals surface area (Å²) < 4.78 is 28.9. The molecule has 1 aliphatic heterocycles. The normalized spacial score (nSPS) is 15.0. The van der Waals surface area contributed by atoms with Crippen LogP contribution in [-0.4, -0.2) is 33.7 Å². The number of aromatic nitrogens is 2. The lowest BCUT2D eigenvalue weighted by Gasteiger charge is -2.31. The molecular weight excluding hydrogens is 360 g/mol. The van der Waals surface area contributed by atoms with Crippen molar-refractivity contribution in [2.45, 2.75) is 25.2 Å². The second kappa shape index (κ2) is 7.92. The number of hydrogen-bond acceptors (Lipinski definition) is 2. The van der Waals surface area contributed by atoms with Crippen LogP contribution in [0.1, 0.15) is 29.9 Å². The Labute approximate surface area is 162 Å². The smallest absolute Gasteiger partial charge is 0.227 e. The van der Waals surface area contributed by atoms with E-state index in [0.717, 1.165) is 18.4 Å². The van der Waals surface area contributed by atoms with Crippen LogP contribution >= 0.6 is 0 Å². The van der Waals surface area contributed by atoms with Crippen molar-refractivity contribution in [1.82, 2.24) is 14.7 Å².